The van der Waals surface area contributed by atoms with E-state index in [2.05, 4.69) is 46.9 Å². The highest BCUT2D eigenvalue weighted by Crippen LogP contribution is 2.35. The van der Waals surface area contributed by atoms with Crippen LogP contribution < -0.4 is 5.32 Å². The van der Waals surface area contributed by atoms with E-state index < -0.39 is 0 Å². The molecule has 1 N–H and O–H groups in total. The Bertz CT molecular complexity index is 435. The van der Waals surface area contributed by atoms with Gasteiger partial charge in [-0.25, -0.2) is 4.79 Å². The van der Waals surface area contributed by atoms with E-state index in [1.54, 1.807) is 0 Å². The number of nitrogens with zero attached hydrogens (tertiary/aromatic N) is 1. The molecule has 0 spiro atoms. The van der Waals surface area contributed by atoms with E-state index in [-0.39, 0.29) is 23.5 Å². The molecule has 1 aliphatic carbocycles. The molecule has 0 aromatic heterocycles. The van der Waals surface area contributed by atoms with Crippen LogP contribution in [0.1, 0.15) is 93.4 Å². The molecule has 0 aromatic rings. The minimum atomic E-state index is -0.277. The molecule has 0 heterocycles. The van der Waals surface area contributed by atoms with Crippen LogP contribution in [0.4, 0.5) is 4.79 Å². The predicted molar refractivity (Wildman–Crippen MR) is 104 cm³/mol. The number of amides is 3. The van der Waals surface area contributed by atoms with Crippen LogP contribution in [0.15, 0.2) is 0 Å². The molecule has 1 aliphatic rings. The fourth-order valence-electron chi connectivity index (χ4n) is 4.29. The molecule has 0 aliphatic heterocycles. The van der Waals surface area contributed by atoms with E-state index in [1.807, 2.05) is 4.90 Å². The third kappa shape index (κ3) is 6.00. The highest BCUT2D eigenvalue weighted by Gasteiger charge is 2.40. The fourth-order valence-corrected chi connectivity index (χ4v) is 4.29. The molecule has 4 heteroatoms. The third-order valence-corrected chi connectivity index (χ3v) is 6.47. The van der Waals surface area contributed by atoms with E-state index in [0.29, 0.717) is 5.92 Å². The molecule has 0 saturated heterocycles. The lowest BCUT2D eigenvalue weighted by molar-refractivity contribution is -0.118. The normalized spacial score (nSPS) is 23.5. The Kier molecular flexibility index (Phi) is 8.43. The van der Waals surface area contributed by atoms with Crippen molar-refractivity contribution in [1.82, 2.24) is 10.2 Å². The van der Waals surface area contributed by atoms with Gasteiger partial charge in [0.2, 0.25) is 5.91 Å². The van der Waals surface area contributed by atoms with Gasteiger partial charge in [0.05, 0.1) is 0 Å². The number of hydrogen-bond acceptors (Lipinski definition) is 2. The van der Waals surface area contributed by atoms with Gasteiger partial charge in [0, 0.05) is 18.5 Å². The molecule has 1 saturated carbocycles. The van der Waals surface area contributed by atoms with Crippen LogP contribution in [0, 0.1) is 17.8 Å². The van der Waals surface area contributed by atoms with Gasteiger partial charge in [0.15, 0.2) is 0 Å². The van der Waals surface area contributed by atoms with Gasteiger partial charge in [-0.1, -0.05) is 59.8 Å². The lowest BCUT2D eigenvalue weighted by Crippen LogP contribution is -2.60. The second-order valence-electron chi connectivity index (χ2n) is 8.84. The van der Waals surface area contributed by atoms with Gasteiger partial charge in [-0.05, 0) is 44.4 Å². The van der Waals surface area contributed by atoms with E-state index in [9.17, 15) is 9.59 Å². The van der Waals surface area contributed by atoms with Gasteiger partial charge in [0.1, 0.15) is 0 Å². The molecule has 25 heavy (non-hydrogen) atoms. The van der Waals surface area contributed by atoms with Crippen molar-refractivity contribution in [1.29, 1.82) is 0 Å². The number of carbonyl (C=O) groups is 2. The van der Waals surface area contributed by atoms with Crippen molar-refractivity contribution in [3.8, 4) is 0 Å². The summed E-state index contributed by atoms with van der Waals surface area (Å²) in [6.07, 6.45) is 7.91. The number of nitrogens with one attached hydrogen (secondary N) is 1. The molecule has 0 bridgehead atoms. The van der Waals surface area contributed by atoms with Crippen molar-refractivity contribution >= 4 is 11.9 Å². The van der Waals surface area contributed by atoms with Crippen molar-refractivity contribution in [3.63, 3.8) is 0 Å². The minimum absolute atomic E-state index is 0.219. The van der Waals surface area contributed by atoms with Crippen molar-refractivity contribution in [2.45, 2.75) is 105 Å². The first-order valence-electron chi connectivity index (χ1n) is 10.2. The highest BCUT2D eigenvalue weighted by atomic mass is 16.2. The first kappa shape index (κ1) is 22.0. The maximum atomic E-state index is 12.9. The zero-order valence-electron chi connectivity index (χ0n) is 17.5. The molecule has 146 valence electrons. The van der Waals surface area contributed by atoms with Crippen LogP contribution in [0.25, 0.3) is 0 Å². The van der Waals surface area contributed by atoms with Crippen LogP contribution in [-0.4, -0.2) is 28.4 Å². The first-order chi connectivity index (χ1) is 11.6. The van der Waals surface area contributed by atoms with E-state index in [4.69, 9.17) is 0 Å². The minimum Gasteiger partial charge on any atom is -0.316 e. The Balaban J connectivity index is 2.99. The van der Waals surface area contributed by atoms with Crippen LogP contribution in [-0.2, 0) is 4.79 Å². The smallest absolute Gasteiger partial charge is 0.316 e. The van der Waals surface area contributed by atoms with Crippen LogP contribution in [0.3, 0.4) is 0 Å². The van der Waals surface area contributed by atoms with Crippen molar-refractivity contribution in [3.05, 3.63) is 0 Å². The maximum absolute atomic E-state index is 12.9. The molecule has 1 fully saturated rings. The zero-order chi connectivity index (χ0) is 19.2. The summed E-state index contributed by atoms with van der Waals surface area (Å²) >= 11 is 0. The van der Waals surface area contributed by atoms with Gasteiger partial charge < -0.3 is 4.90 Å². The monoisotopic (exact) mass is 352 g/mol. The van der Waals surface area contributed by atoms with Gasteiger partial charge in [-0.15, -0.1) is 0 Å². The second kappa shape index (κ2) is 9.59. The summed E-state index contributed by atoms with van der Waals surface area (Å²) < 4.78 is 0. The Hall–Kier alpha value is -1.06. The summed E-state index contributed by atoms with van der Waals surface area (Å²) in [5.41, 5.74) is -0.268. The van der Waals surface area contributed by atoms with E-state index in [1.165, 1.54) is 19.8 Å². The standard InChI is InChI=1S/C21H40N2O2/c1-8-16(4)21(6,7)23(20(25)22-17(5)24)19-13-9-11-18(15(2)3)12-10-14-19/h15-16,18-19H,8-14H2,1-7H3,(H,22,24,25). The summed E-state index contributed by atoms with van der Waals surface area (Å²) in [5, 5.41) is 2.54. The van der Waals surface area contributed by atoms with Crippen molar-refractivity contribution < 1.29 is 9.59 Å². The maximum Gasteiger partial charge on any atom is 0.324 e. The summed E-state index contributed by atoms with van der Waals surface area (Å²) in [6.45, 7) is 14.7. The number of imide groups is 1. The number of urea groups is 1. The van der Waals surface area contributed by atoms with Gasteiger partial charge in [-0.2, -0.15) is 0 Å². The van der Waals surface area contributed by atoms with E-state index >= 15 is 0 Å². The Morgan fingerprint density at radius 3 is 2.00 bits per heavy atom. The van der Waals surface area contributed by atoms with Crippen LogP contribution >= 0.6 is 0 Å². The largest absolute Gasteiger partial charge is 0.324 e. The molecule has 3 amide bonds. The van der Waals surface area contributed by atoms with Crippen LogP contribution in [0.2, 0.25) is 0 Å². The number of carbonyl (C=O) groups excluding carboxylic acids is 2. The second-order valence-corrected chi connectivity index (χ2v) is 8.84. The zero-order valence-corrected chi connectivity index (χ0v) is 17.5. The highest BCUT2D eigenvalue weighted by molar-refractivity contribution is 5.93. The molecule has 0 radical (unpaired) electrons. The lowest BCUT2D eigenvalue weighted by Gasteiger charge is -2.47. The molecule has 1 unspecified atom stereocenters. The molecule has 0 aromatic carbocycles. The van der Waals surface area contributed by atoms with Gasteiger partial charge in [0.25, 0.3) is 0 Å². The van der Waals surface area contributed by atoms with Gasteiger partial charge in [-0.3, -0.25) is 10.1 Å². The quantitative estimate of drug-likeness (QED) is 0.723. The average Bonchev–Trinajstić information content (AvgIpc) is 2.47. The number of hydrogen-bond donors (Lipinski definition) is 1. The average molecular weight is 353 g/mol. The van der Waals surface area contributed by atoms with Crippen molar-refractivity contribution in [2.75, 3.05) is 0 Å². The van der Waals surface area contributed by atoms with Gasteiger partial charge >= 0.3 is 6.03 Å². The van der Waals surface area contributed by atoms with E-state index in [0.717, 1.165) is 43.9 Å². The first-order valence-corrected chi connectivity index (χ1v) is 10.2. The Morgan fingerprint density at radius 2 is 1.60 bits per heavy atom. The summed E-state index contributed by atoms with van der Waals surface area (Å²) in [4.78, 5) is 26.4. The summed E-state index contributed by atoms with van der Waals surface area (Å²) in [7, 11) is 0. The SMILES string of the molecule is CCC(C)C(C)(C)N(C(=O)NC(C)=O)C1CCCC(C(C)C)CCC1. The molecule has 4 nitrogen and oxygen atoms in total. The molecule has 1 atom stereocenters. The Labute approximate surface area is 155 Å². The lowest BCUT2D eigenvalue weighted by atomic mass is 9.79. The molecule has 1 rings (SSSR count). The molecular formula is C21H40N2O2. The summed E-state index contributed by atoms with van der Waals surface area (Å²) in [5.74, 6) is 1.65. The number of rotatable bonds is 5. The predicted octanol–water partition coefficient (Wildman–Crippen LogP) is 5.36. The Morgan fingerprint density at radius 1 is 1.08 bits per heavy atom. The third-order valence-electron chi connectivity index (χ3n) is 6.47. The van der Waals surface area contributed by atoms with Crippen LogP contribution in [0.5, 0.6) is 0 Å². The molecular weight excluding hydrogens is 312 g/mol. The summed E-state index contributed by atoms with van der Waals surface area (Å²) in [6, 6.07) is 0.000227. The van der Waals surface area contributed by atoms with Crippen molar-refractivity contribution in [2.24, 2.45) is 17.8 Å². The topological polar surface area (TPSA) is 49.4 Å². The fraction of sp³-hybridized carbons (Fsp3) is 0.905.